The molecule has 178 valence electrons. The van der Waals surface area contributed by atoms with Crippen molar-refractivity contribution in [3.05, 3.63) is 29.3 Å². The molecule has 0 unspecified atom stereocenters. The molecule has 0 saturated carbocycles. The quantitative estimate of drug-likeness (QED) is 0.209. The maximum Gasteiger partial charge on any atom is 0.416 e. The highest BCUT2D eigenvalue weighted by Crippen LogP contribution is 2.35. The molecule has 2 N–H and O–H groups in total. The highest BCUT2D eigenvalue weighted by atomic mass is 127. The van der Waals surface area contributed by atoms with Gasteiger partial charge < -0.3 is 25.0 Å². The minimum atomic E-state index is -4.43. The van der Waals surface area contributed by atoms with Gasteiger partial charge in [0, 0.05) is 52.1 Å². The molecule has 1 aliphatic heterocycles. The van der Waals surface area contributed by atoms with Crippen molar-refractivity contribution in [2.75, 3.05) is 58.0 Å². The smallest absolute Gasteiger partial charge is 0.381 e. The van der Waals surface area contributed by atoms with Gasteiger partial charge in [0.05, 0.1) is 18.8 Å². The van der Waals surface area contributed by atoms with Crippen LogP contribution < -0.4 is 15.5 Å². The first-order valence-corrected chi connectivity index (χ1v) is 10.4. The minimum Gasteiger partial charge on any atom is -0.381 e. The second-order valence-electron chi connectivity index (χ2n) is 7.61. The van der Waals surface area contributed by atoms with Crippen LogP contribution in [0, 0.1) is 5.92 Å². The average molecular weight is 558 g/mol. The molecule has 0 aromatic heterocycles. The van der Waals surface area contributed by atoms with Gasteiger partial charge in [-0.2, -0.15) is 13.2 Å². The molecular weight excluding hydrogens is 524 g/mol. The SMILES string of the molecule is CN=C(NCCCOCC(C)C)NCc1ccc(N2CCOCC2)cc1C(F)(F)F.I. The van der Waals surface area contributed by atoms with Gasteiger partial charge in [0.25, 0.3) is 0 Å². The maximum absolute atomic E-state index is 13.6. The van der Waals surface area contributed by atoms with Gasteiger partial charge in [-0.05, 0) is 30.0 Å². The number of hydrogen-bond donors (Lipinski definition) is 2. The lowest BCUT2D eigenvalue weighted by Crippen LogP contribution is -2.38. The number of halogens is 4. The van der Waals surface area contributed by atoms with Crippen LogP contribution in [-0.4, -0.2) is 59.1 Å². The monoisotopic (exact) mass is 558 g/mol. The normalized spacial score (nSPS) is 15.1. The average Bonchev–Trinajstić information content (AvgIpc) is 2.72. The zero-order chi connectivity index (χ0) is 22.0. The van der Waals surface area contributed by atoms with Crippen molar-refractivity contribution in [1.29, 1.82) is 0 Å². The largest absolute Gasteiger partial charge is 0.416 e. The summed E-state index contributed by atoms with van der Waals surface area (Å²) in [7, 11) is 1.59. The topological polar surface area (TPSA) is 58.1 Å². The van der Waals surface area contributed by atoms with E-state index in [0.717, 1.165) is 6.42 Å². The first-order chi connectivity index (χ1) is 14.3. The molecule has 1 aromatic carbocycles. The van der Waals surface area contributed by atoms with Crippen molar-refractivity contribution in [2.24, 2.45) is 10.9 Å². The molecule has 1 heterocycles. The fourth-order valence-corrected chi connectivity index (χ4v) is 3.10. The fourth-order valence-electron chi connectivity index (χ4n) is 3.10. The number of alkyl halides is 3. The van der Waals surface area contributed by atoms with Gasteiger partial charge in [0.1, 0.15) is 0 Å². The number of guanidine groups is 1. The van der Waals surface area contributed by atoms with Crippen LogP contribution in [0.15, 0.2) is 23.2 Å². The van der Waals surface area contributed by atoms with Gasteiger partial charge in [0.15, 0.2) is 5.96 Å². The van der Waals surface area contributed by atoms with Crippen LogP contribution in [0.4, 0.5) is 18.9 Å². The molecule has 0 amide bonds. The molecule has 0 aliphatic carbocycles. The molecule has 6 nitrogen and oxygen atoms in total. The van der Waals surface area contributed by atoms with Gasteiger partial charge >= 0.3 is 6.18 Å². The number of nitrogens with one attached hydrogen (secondary N) is 2. The van der Waals surface area contributed by atoms with E-state index in [0.29, 0.717) is 63.6 Å². The maximum atomic E-state index is 13.6. The van der Waals surface area contributed by atoms with Gasteiger partial charge in [-0.3, -0.25) is 4.99 Å². The molecule has 10 heteroatoms. The molecule has 0 radical (unpaired) electrons. The predicted molar refractivity (Wildman–Crippen MR) is 128 cm³/mol. The summed E-state index contributed by atoms with van der Waals surface area (Å²) >= 11 is 0. The van der Waals surface area contributed by atoms with Crippen molar-refractivity contribution < 1.29 is 22.6 Å². The summed E-state index contributed by atoms with van der Waals surface area (Å²) < 4.78 is 51.7. The van der Waals surface area contributed by atoms with Crippen molar-refractivity contribution in [2.45, 2.75) is 33.0 Å². The predicted octanol–water partition coefficient (Wildman–Crippen LogP) is 3.89. The van der Waals surface area contributed by atoms with E-state index in [9.17, 15) is 13.2 Å². The molecule has 2 rings (SSSR count). The highest BCUT2D eigenvalue weighted by molar-refractivity contribution is 14.0. The first-order valence-electron chi connectivity index (χ1n) is 10.4. The lowest BCUT2D eigenvalue weighted by molar-refractivity contribution is -0.138. The summed E-state index contributed by atoms with van der Waals surface area (Å²) in [5.41, 5.74) is 0.123. The number of morpholine rings is 1. The molecule has 1 saturated heterocycles. The third-order valence-electron chi connectivity index (χ3n) is 4.65. The van der Waals surface area contributed by atoms with E-state index in [1.807, 2.05) is 4.90 Å². The molecule has 1 aliphatic rings. The van der Waals surface area contributed by atoms with Gasteiger partial charge in [-0.25, -0.2) is 0 Å². The molecule has 1 fully saturated rings. The van der Waals surface area contributed by atoms with E-state index in [1.54, 1.807) is 13.1 Å². The standard InChI is InChI=1S/C21H33F3N4O2.HI/c1-16(2)15-30-10-4-7-26-20(25-3)27-14-17-5-6-18(13-19(17)21(22,23)24)28-8-11-29-12-9-28;/h5-6,13,16H,4,7-12,14-15H2,1-3H3,(H2,25,26,27);1H. The number of nitrogens with zero attached hydrogens (tertiary/aromatic N) is 2. The van der Waals surface area contributed by atoms with E-state index in [2.05, 4.69) is 29.5 Å². The van der Waals surface area contributed by atoms with Crippen LogP contribution in [0.1, 0.15) is 31.4 Å². The van der Waals surface area contributed by atoms with E-state index in [4.69, 9.17) is 9.47 Å². The Labute approximate surface area is 200 Å². The summed E-state index contributed by atoms with van der Waals surface area (Å²) in [6.45, 7) is 8.40. The van der Waals surface area contributed by atoms with Gasteiger partial charge in [-0.15, -0.1) is 24.0 Å². The number of benzene rings is 1. The Kier molecular flexibility index (Phi) is 12.5. The summed E-state index contributed by atoms with van der Waals surface area (Å²) in [5.74, 6) is 0.953. The molecule has 31 heavy (non-hydrogen) atoms. The number of hydrogen-bond acceptors (Lipinski definition) is 4. The first kappa shape index (κ1) is 27.8. The fraction of sp³-hybridized carbons (Fsp3) is 0.667. The van der Waals surface area contributed by atoms with E-state index < -0.39 is 11.7 Å². The third kappa shape index (κ3) is 9.82. The van der Waals surface area contributed by atoms with Crippen LogP contribution in [0.25, 0.3) is 0 Å². The molecule has 0 atom stereocenters. The van der Waals surface area contributed by atoms with Crippen LogP contribution in [0.2, 0.25) is 0 Å². The van der Waals surface area contributed by atoms with E-state index in [1.165, 1.54) is 12.1 Å². The number of anilines is 1. The van der Waals surface area contributed by atoms with E-state index in [-0.39, 0.29) is 36.1 Å². The lowest BCUT2D eigenvalue weighted by Gasteiger charge is -2.29. The third-order valence-corrected chi connectivity index (χ3v) is 4.65. The molecule has 0 spiro atoms. The molecule has 1 aromatic rings. The van der Waals surface area contributed by atoms with Gasteiger partial charge in [-0.1, -0.05) is 19.9 Å². The number of ether oxygens (including phenoxy) is 2. The number of aliphatic imine (C=N–C) groups is 1. The van der Waals surface area contributed by atoms with Crippen molar-refractivity contribution in [3.8, 4) is 0 Å². The summed E-state index contributed by atoms with van der Waals surface area (Å²) in [4.78, 5) is 6.00. The van der Waals surface area contributed by atoms with Crippen LogP contribution in [0.3, 0.4) is 0 Å². The Morgan fingerprint density at radius 1 is 1.23 bits per heavy atom. The zero-order valence-electron chi connectivity index (χ0n) is 18.4. The second-order valence-corrected chi connectivity index (χ2v) is 7.61. The Morgan fingerprint density at radius 3 is 2.55 bits per heavy atom. The Hall–Kier alpha value is -1.27. The van der Waals surface area contributed by atoms with E-state index >= 15 is 0 Å². The second kappa shape index (κ2) is 14.0. The summed E-state index contributed by atoms with van der Waals surface area (Å²) in [5, 5.41) is 6.08. The zero-order valence-corrected chi connectivity index (χ0v) is 20.8. The van der Waals surface area contributed by atoms with Crippen molar-refractivity contribution in [1.82, 2.24) is 10.6 Å². The van der Waals surface area contributed by atoms with Crippen molar-refractivity contribution >= 4 is 35.6 Å². The van der Waals surface area contributed by atoms with Crippen LogP contribution in [0.5, 0.6) is 0 Å². The van der Waals surface area contributed by atoms with Crippen LogP contribution in [-0.2, 0) is 22.2 Å². The molecular formula is C21H34F3IN4O2. The Bertz CT molecular complexity index is 681. The highest BCUT2D eigenvalue weighted by Gasteiger charge is 2.34. The molecule has 0 bridgehead atoms. The minimum absolute atomic E-state index is 0. The Morgan fingerprint density at radius 2 is 1.94 bits per heavy atom. The van der Waals surface area contributed by atoms with Crippen LogP contribution >= 0.6 is 24.0 Å². The summed E-state index contributed by atoms with van der Waals surface area (Å²) in [6.07, 6.45) is -3.64. The number of rotatable bonds is 9. The lowest BCUT2D eigenvalue weighted by atomic mass is 10.0. The summed E-state index contributed by atoms with van der Waals surface area (Å²) in [6, 6.07) is 4.50. The Balaban J connectivity index is 0.00000480. The van der Waals surface area contributed by atoms with Gasteiger partial charge in [0.2, 0.25) is 0 Å². The van der Waals surface area contributed by atoms with Crippen molar-refractivity contribution in [3.63, 3.8) is 0 Å².